The van der Waals surface area contributed by atoms with Crippen LogP contribution in [0.15, 0.2) is 47.5 Å². The maximum Gasteiger partial charge on any atom is 0.343 e. The van der Waals surface area contributed by atoms with Gasteiger partial charge in [0.15, 0.2) is 5.65 Å². The fourth-order valence-electron chi connectivity index (χ4n) is 2.40. The lowest BCUT2D eigenvalue weighted by atomic mass is 10.2. The summed E-state index contributed by atoms with van der Waals surface area (Å²) in [7, 11) is 0. The van der Waals surface area contributed by atoms with Gasteiger partial charge in [-0.3, -0.25) is 4.79 Å². The van der Waals surface area contributed by atoms with Crippen molar-refractivity contribution in [3.05, 3.63) is 69.9 Å². The Kier molecular flexibility index (Phi) is 4.74. The number of nitrogens with zero attached hydrogens (tertiary/aromatic N) is 3. The Labute approximate surface area is 143 Å². The van der Waals surface area contributed by atoms with Gasteiger partial charge in [-0.1, -0.05) is 30.3 Å². The fourth-order valence-corrected chi connectivity index (χ4v) is 2.40. The van der Waals surface area contributed by atoms with Crippen molar-refractivity contribution in [3.63, 3.8) is 0 Å². The number of pyridine rings is 1. The number of carbonyl (C=O) groups is 1. The molecule has 3 aromatic rings. The molecule has 2 aromatic heterocycles. The Morgan fingerprint density at radius 2 is 1.96 bits per heavy atom. The molecule has 0 atom stereocenters. The average molecular weight is 339 g/mol. The van der Waals surface area contributed by atoms with Crippen LogP contribution in [0.4, 0.5) is 0 Å². The molecule has 3 rings (SSSR count). The molecule has 128 valence electrons. The summed E-state index contributed by atoms with van der Waals surface area (Å²) in [6.07, 6.45) is 1.35. The van der Waals surface area contributed by atoms with Gasteiger partial charge < -0.3 is 9.57 Å². The molecule has 0 aliphatic carbocycles. The molecule has 0 saturated carbocycles. The first-order valence-corrected chi connectivity index (χ1v) is 7.83. The minimum Gasteiger partial charge on any atom is -0.462 e. The predicted molar refractivity (Wildman–Crippen MR) is 91.2 cm³/mol. The highest BCUT2D eigenvalue weighted by molar-refractivity contribution is 5.93. The van der Waals surface area contributed by atoms with E-state index < -0.39 is 11.5 Å². The number of hydrogen-bond donors (Lipinski definition) is 0. The molecule has 1 aromatic carbocycles. The summed E-state index contributed by atoms with van der Waals surface area (Å²) in [5.41, 5.74) is 1.10. The topological polar surface area (TPSA) is 83.3 Å². The highest BCUT2D eigenvalue weighted by Gasteiger charge is 2.19. The van der Waals surface area contributed by atoms with Gasteiger partial charge in [-0.05, 0) is 25.5 Å². The Hall–Kier alpha value is -3.22. The lowest BCUT2D eigenvalue weighted by Gasteiger charge is -2.13. The summed E-state index contributed by atoms with van der Waals surface area (Å²) in [6.45, 7) is 3.78. The first-order chi connectivity index (χ1) is 12.1. The van der Waals surface area contributed by atoms with E-state index in [2.05, 4.69) is 9.97 Å². The van der Waals surface area contributed by atoms with Gasteiger partial charge in [-0.25, -0.2) is 14.8 Å². The molecule has 7 heteroatoms. The van der Waals surface area contributed by atoms with Crippen LogP contribution in [-0.2, 0) is 11.3 Å². The number of ether oxygens (including phenoxy) is 1. The number of fused-ring (bicyclic) bond motifs is 1. The number of aromatic nitrogens is 3. The van der Waals surface area contributed by atoms with E-state index in [1.165, 1.54) is 12.4 Å². The summed E-state index contributed by atoms with van der Waals surface area (Å²) >= 11 is 0. The van der Waals surface area contributed by atoms with Crippen LogP contribution in [0.3, 0.4) is 0 Å². The zero-order chi connectivity index (χ0) is 17.8. The lowest BCUT2D eigenvalue weighted by molar-refractivity contribution is 0.0512. The summed E-state index contributed by atoms with van der Waals surface area (Å²) < 4.78 is 6.00. The van der Waals surface area contributed by atoms with Gasteiger partial charge in [-0.2, -0.15) is 0 Å². The number of aryl methyl sites for hydroxylation is 1. The fraction of sp³-hybridized carbons (Fsp3) is 0.222. The number of esters is 1. The van der Waals surface area contributed by atoms with Crippen molar-refractivity contribution in [2.75, 3.05) is 6.61 Å². The van der Waals surface area contributed by atoms with Crippen LogP contribution in [0.2, 0.25) is 0 Å². The quantitative estimate of drug-likeness (QED) is 0.660. The van der Waals surface area contributed by atoms with Gasteiger partial charge in [0.25, 0.3) is 5.56 Å². The number of rotatable bonds is 5. The monoisotopic (exact) mass is 339 g/mol. The van der Waals surface area contributed by atoms with E-state index in [1.54, 1.807) is 13.8 Å². The molecular formula is C18H17N3O4. The molecule has 0 unspecified atom stereocenters. The van der Waals surface area contributed by atoms with Crippen molar-refractivity contribution in [1.29, 1.82) is 0 Å². The normalized spacial score (nSPS) is 10.6. The second-order valence-corrected chi connectivity index (χ2v) is 5.33. The van der Waals surface area contributed by atoms with Gasteiger partial charge in [0, 0.05) is 5.39 Å². The minimum atomic E-state index is -0.699. The molecule has 0 aliphatic rings. The largest absolute Gasteiger partial charge is 0.462 e. The molecule has 0 bridgehead atoms. The molecule has 0 N–H and O–H groups in total. The van der Waals surface area contributed by atoms with Crippen LogP contribution >= 0.6 is 0 Å². The Balaban J connectivity index is 2.11. The molecular weight excluding hydrogens is 322 g/mol. The summed E-state index contributed by atoms with van der Waals surface area (Å²) in [5.74, 6) is -0.699. The van der Waals surface area contributed by atoms with Crippen molar-refractivity contribution in [3.8, 4) is 0 Å². The first-order valence-electron chi connectivity index (χ1n) is 7.83. The van der Waals surface area contributed by atoms with Crippen LogP contribution in [0.1, 0.15) is 28.5 Å². The van der Waals surface area contributed by atoms with Gasteiger partial charge >= 0.3 is 5.97 Å². The molecule has 25 heavy (non-hydrogen) atoms. The minimum absolute atomic E-state index is 0.111. The third kappa shape index (κ3) is 3.35. The highest BCUT2D eigenvalue weighted by Crippen LogP contribution is 2.14. The SMILES string of the molecule is CCOC(=O)c1cc2c(C)ncnc2n(OCc2ccccc2)c1=O. The van der Waals surface area contributed by atoms with E-state index in [-0.39, 0.29) is 18.8 Å². The molecule has 0 fully saturated rings. The molecule has 0 saturated heterocycles. The average Bonchev–Trinajstić information content (AvgIpc) is 2.62. The Morgan fingerprint density at radius 3 is 2.68 bits per heavy atom. The second-order valence-electron chi connectivity index (χ2n) is 5.33. The van der Waals surface area contributed by atoms with Crippen LogP contribution in [0.5, 0.6) is 0 Å². The molecule has 0 amide bonds. The second kappa shape index (κ2) is 7.12. The molecule has 0 aliphatic heterocycles. The zero-order valence-corrected chi connectivity index (χ0v) is 13.9. The third-order valence-corrected chi connectivity index (χ3v) is 3.66. The van der Waals surface area contributed by atoms with Gasteiger partial charge in [0.05, 0.1) is 12.3 Å². The van der Waals surface area contributed by atoms with Crippen molar-refractivity contribution < 1.29 is 14.4 Å². The van der Waals surface area contributed by atoms with Crippen LogP contribution in [0, 0.1) is 6.92 Å². The van der Waals surface area contributed by atoms with Crippen molar-refractivity contribution >= 4 is 17.0 Å². The summed E-state index contributed by atoms with van der Waals surface area (Å²) in [6, 6.07) is 10.9. The third-order valence-electron chi connectivity index (χ3n) is 3.66. The van der Waals surface area contributed by atoms with E-state index in [0.29, 0.717) is 16.7 Å². The molecule has 2 heterocycles. The highest BCUT2D eigenvalue weighted by atomic mass is 16.7. The van der Waals surface area contributed by atoms with E-state index >= 15 is 0 Å². The molecule has 0 radical (unpaired) electrons. The van der Waals surface area contributed by atoms with Crippen LogP contribution in [-0.4, -0.2) is 27.3 Å². The van der Waals surface area contributed by atoms with Crippen molar-refractivity contribution in [1.82, 2.24) is 14.7 Å². The van der Waals surface area contributed by atoms with Crippen molar-refractivity contribution in [2.24, 2.45) is 0 Å². The van der Waals surface area contributed by atoms with Crippen LogP contribution < -0.4 is 10.4 Å². The smallest absolute Gasteiger partial charge is 0.343 e. The predicted octanol–water partition coefficient (Wildman–Crippen LogP) is 1.91. The summed E-state index contributed by atoms with van der Waals surface area (Å²) in [5, 5.41) is 0.554. The van der Waals surface area contributed by atoms with E-state index in [4.69, 9.17) is 9.57 Å². The van der Waals surface area contributed by atoms with Gasteiger partial charge in [0.2, 0.25) is 0 Å². The standard InChI is InChI=1S/C18H17N3O4/c1-3-24-18(23)15-9-14-12(2)19-11-20-16(14)21(17(15)22)25-10-13-7-5-4-6-8-13/h4-9,11H,3,10H2,1-2H3. The summed E-state index contributed by atoms with van der Waals surface area (Å²) in [4.78, 5) is 38.7. The first kappa shape index (κ1) is 16.6. The van der Waals surface area contributed by atoms with Crippen molar-refractivity contribution in [2.45, 2.75) is 20.5 Å². The van der Waals surface area contributed by atoms with E-state index in [0.717, 1.165) is 10.3 Å². The number of hydrogen-bond acceptors (Lipinski definition) is 6. The van der Waals surface area contributed by atoms with Gasteiger partial charge in [-0.15, -0.1) is 4.73 Å². The lowest BCUT2D eigenvalue weighted by Crippen LogP contribution is -2.32. The molecule has 7 nitrogen and oxygen atoms in total. The Morgan fingerprint density at radius 1 is 1.20 bits per heavy atom. The van der Waals surface area contributed by atoms with E-state index in [1.807, 2.05) is 30.3 Å². The van der Waals surface area contributed by atoms with Crippen LogP contribution in [0.25, 0.3) is 11.0 Å². The zero-order valence-electron chi connectivity index (χ0n) is 13.9. The molecule has 0 spiro atoms. The number of carbonyl (C=O) groups excluding carboxylic acids is 1. The maximum absolute atomic E-state index is 12.7. The number of benzene rings is 1. The van der Waals surface area contributed by atoms with E-state index in [9.17, 15) is 9.59 Å². The van der Waals surface area contributed by atoms with Gasteiger partial charge in [0.1, 0.15) is 18.5 Å². The maximum atomic E-state index is 12.7. The Bertz CT molecular complexity index is 967.